The molecule has 22 heavy (non-hydrogen) atoms. The minimum Gasteiger partial charge on any atom is -0.350 e. The van der Waals surface area contributed by atoms with E-state index in [4.69, 9.17) is 5.73 Å². The summed E-state index contributed by atoms with van der Waals surface area (Å²) in [5, 5.41) is 3.26. The van der Waals surface area contributed by atoms with Crippen molar-refractivity contribution in [1.29, 1.82) is 0 Å². The Labute approximate surface area is 127 Å². The first-order valence-electron chi connectivity index (χ1n) is 7.28. The van der Waals surface area contributed by atoms with Crippen LogP contribution >= 0.6 is 0 Å². The zero-order valence-electron chi connectivity index (χ0n) is 12.7. The maximum atomic E-state index is 13.3. The number of hydrogen-bond donors (Lipinski definition) is 3. The summed E-state index contributed by atoms with van der Waals surface area (Å²) in [5.74, 6) is -0.863. The highest BCUT2D eigenvalue weighted by Gasteiger charge is 2.22. The Hall–Kier alpha value is -2.21. The van der Waals surface area contributed by atoms with Crippen LogP contribution in [0.2, 0.25) is 0 Å². The minimum absolute atomic E-state index is 0.216. The summed E-state index contributed by atoms with van der Waals surface area (Å²) in [7, 11) is 0. The maximum Gasteiger partial charge on any atom is 0.252 e. The van der Waals surface area contributed by atoms with Crippen LogP contribution in [-0.4, -0.2) is 23.0 Å². The first-order chi connectivity index (χ1) is 10.4. The second-order valence-corrected chi connectivity index (χ2v) is 5.49. The molecule has 2 aromatic rings. The highest BCUT2D eigenvalue weighted by atomic mass is 19.1. The Kier molecular flexibility index (Phi) is 4.61. The topological polar surface area (TPSA) is 88.0 Å². The van der Waals surface area contributed by atoms with Crippen molar-refractivity contribution in [3.63, 3.8) is 0 Å². The fourth-order valence-electron chi connectivity index (χ4n) is 2.27. The average Bonchev–Trinajstić information content (AvgIpc) is 2.51. The molecule has 6 heteroatoms. The molecule has 0 unspecified atom stereocenters. The van der Waals surface area contributed by atoms with Crippen LogP contribution in [0.15, 0.2) is 29.1 Å². The van der Waals surface area contributed by atoms with Crippen LogP contribution in [0.5, 0.6) is 0 Å². The summed E-state index contributed by atoms with van der Waals surface area (Å²) in [6.07, 6.45) is 1.45. The minimum atomic E-state index is -0.473. The number of carbonyl (C=O) groups is 1. The average molecular weight is 305 g/mol. The summed E-state index contributed by atoms with van der Waals surface area (Å²) >= 11 is 0. The third kappa shape index (κ3) is 3.33. The third-order valence-corrected chi connectivity index (χ3v) is 4.06. The smallest absolute Gasteiger partial charge is 0.252 e. The lowest BCUT2D eigenvalue weighted by molar-refractivity contribution is 0.0943. The van der Waals surface area contributed by atoms with Crippen molar-refractivity contribution in [2.45, 2.75) is 32.2 Å². The molecular formula is C16H20FN3O2. The van der Waals surface area contributed by atoms with Crippen molar-refractivity contribution in [3.05, 3.63) is 46.0 Å². The fraction of sp³-hybridized carbons (Fsp3) is 0.375. The van der Waals surface area contributed by atoms with Crippen LogP contribution in [0.4, 0.5) is 4.39 Å². The molecule has 0 atom stereocenters. The Balaban J connectivity index is 2.34. The van der Waals surface area contributed by atoms with E-state index in [1.165, 1.54) is 24.3 Å². The number of aromatic amines is 1. The number of rotatable bonds is 5. The van der Waals surface area contributed by atoms with Gasteiger partial charge in [0, 0.05) is 23.5 Å². The van der Waals surface area contributed by atoms with Crippen molar-refractivity contribution < 1.29 is 9.18 Å². The molecule has 0 radical (unpaired) electrons. The lowest BCUT2D eigenvalue weighted by Crippen LogP contribution is -2.49. The first kappa shape index (κ1) is 16.2. The zero-order valence-corrected chi connectivity index (χ0v) is 12.7. The van der Waals surface area contributed by atoms with E-state index in [1.807, 2.05) is 13.8 Å². The van der Waals surface area contributed by atoms with Crippen LogP contribution in [0.1, 0.15) is 37.0 Å². The van der Waals surface area contributed by atoms with Crippen molar-refractivity contribution in [1.82, 2.24) is 10.3 Å². The van der Waals surface area contributed by atoms with Gasteiger partial charge in [0.1, 0.15) is 5.82 Å². The van der Waals surface area contributed by atoms with E-state index < -0.39 is 16.9 Å². The summed E-state index contributed by atoms with van der Waals surface area (Å²) in [5.41, 5.74) is 5.74. The van der Waals surface area contributed by atoms with Gasteiger partial charge in [0.25, 0.3) is 5.91 Å². The number of fused-ring (bicyclic) bond motifs is 1. The Morgan fingerprint density at radius 2 is 2.00 bits per heavy atom. The second-order valence-electron chi connectivity index (χ2n) is 5.49. The number of H-pyrrole nitrogens is 1. The summed E-state index contributed by atoms with van der Waals surface area (Å²) in [6.45, 7) is 4.23. The van der Waals surface area contributed by atoms with Gasteiger partial charge in [-0.25, -0.2) is 4.39 Å². The number of hydrogen-bond acceptors (Lipinski definition) is 3. The number of benzene rings is 1. The zero-order chi connectivity index (χ0) is 16.3. The number of nitrogens with one attached hydrogen (secondary N) is 2. The van der Waals surface area contributed by atoms with E-state index >= 15 is 0 Å². The summed E-state index contributed by atoms with van der Waals surface area (Å²) < 4.78 is 13.3. The largest absolute Gasteiger partial charge is 0.350 e. The van der Waals surface area contributed by atoms with Crippen LogP contribution in [0, 0.1) is 5.82 Å². The van der Waals surface area contributed by atoms with Gasteiger partial charge in [0.15, 0.2) is 0 Å². The van der Waals surface area contributed by atoms with Gasteiger partial charge in [-0.3, -0.25) is 9.59 Å². The van der Waals surface area contributed by atoms with E-state index in [0.29, 0.717) is 17.4 Å². The molecule has 2 rings (SSSR count). The van der Waals surface area contributed by atoms with Crippen molar-refractivity contribution in [3.8, 4) is 0 Å². The quantitative estimate of drug-likeness (QED) is 0.788. The Morgan fingerprint density at radius 1 is 1.32 bits per heavy atom. The van der Waals surface area contributed by atoms with E-state index in [2.05, 4.69) is 10.3 Å². The predicted molar refractivity (Wildman–Crippen MR) is 84.4 cm³/mol. The molecule has 0 aliphatic rings. The number of carbonyl (C=O) groups excluding carboxylic acids is 1. The van der Waals surface area contributed by atoms with Crippen molar-refractivity contribution in [2.24, 2.45) is 5.73 Å². The molecule has 0 fully saturated rings. The molecule has 118 valence electrons. The van der Waals surface area contributed by atoms with Gasteiger partial charge in [0.2, 0.25) is 5.56 Å². The summed E-state index contributed by atoms with van der Waals surface area (Å²) in [6, 6.07) is 5.14. The van der Waals surface area contributed by atoms with E-state index in [1.54, 1.807) is 0 Å². The number of amides is 1. The molecule has 1 aromatic heterocycles. The molecule has 0 saturated heterocycles. The number of halogens is 1. The van der Waals surface area contributed by atoms with Gasteiger partial charge in [-0.1, -0.05) is 13.8 Å². The molecule has 0 saturated carbocycles. The van der Waals surface area contributed by atoms with E-state index in [9.17, 15) is 14.0 Å². The van der Waals surface area contributed by atoms with Gasteiger partial charge in [-0.2, -0.15) is 0 Å². The highest BCUT2D eigenvalue weighted by molar-refractivity contribution is 6.05. The van der Waals surface area contributed by atoms with Crippen molar-refractivity contribution in [2.75, 3.05) is 6.54 Å². The predicted octanol–water partition coefficient (Wildman–Crippen LogP) is 1.91. The van der Waals surface area contributed by atoms with E-state index in [-0.39, 0.29) is 11.5 Å². The normalized spacial score (nSPS) is 11.6. The molecule has 0 aliphatic heterocycles. The molecule has 1 amide bonds. The third-order valence-electron chi connectivity index (χ3n) is 4.06. The van der Waals surface area contributed by atoms with Gasteiger partial charge in [-0.15, -0.1) is 0 Å². The Morgan fingerprint density at radius 3 is 2.64 bits per heavy atom. The lowest BCUT2D eigenvalue weighted by atomic mass is 9.94. The van der Waals surface area contributed by atoms with Crippen LogP contribution in [0.3, 0.4) is 0 Å². The Bertz CT molecular complexity index is 751. The standard InChI is InChI=1S/C16H20FN3O2/c1-3-16(18,4-2)9-19-15(22)12-8-14(21)20-13-7-10(17)5-6-11(12)13/h5-8H,3-4,9,18H2,1-2H3,(H,19,22)(H,20,21). The van der Waals surface area contributed by atoms with Gasteiger partial charge in [-0.05, 0) is 31.0 Å². The molecule has 5 nitrogen and oxygen atoms in total. The number of nitrogens with two attached hydrogens (primary N) is 1. The van der Waals surface area contributed by atoms with Crippen LogP contribution < -0.4 is 16.6 Å². The van der Waals surface area contributed by atoms with E-state index in [0.717, 1.165) is 12.8 Å². The maximum absolute atomic E-state index is 13.3. The molecule has 0 spiro atoms. The number of aromatic nitrogens is 1. The SMILES string of the molecule is CCC(N)(CC)CNC(=O)c1cc(=O)[nH]c2cc(F)ccc12. The molecule has 0 bridgehead atoms. The number of pyridine rings is 1. The van der Waals surface area contributed by atoms with Crippen molar-refractivity contribution >= 4 is 16.8 Å². The van der Waals surface area contributed by atoms with Crippen LogP contribution in [-0.2, 0) is 0 Å². The van der Waals surface area contributed by atoms with Gasteiger partial charge in [0.05, 0.1) is 11.1 Å². The summed E-state index contributed by atoms with van der Waals surface area (Å²) in [4.78, 5) is 26.5. The molecular weight excluding hydrogens is 285 g/mol. The molecule has 1 aromatic carbocycles. The lowest BCUT2D eigenvalue weighted by Gasteiger charge is -2.26. The fourth-order valence-corrected chi connectivity index (χ4v) is 2.27. The van der Waals surface area contributed by atoms with Gasteiger partial charge < -0.3 is 16.0 Å². The monoisotopic (exact) mass is 305 g/mol. The van der Waals surface area contributed by atoms with Crippen LogP contribution in [0.25, 0.3) is 10.9 Å². The second kappa shape index (κ2) is 6.27. The molecule has 1 heterocycles. The first-order valence-corrected chi connectivity index (χ1v) is 7.28. The van der Waals surface area contributed by atoms with Gasteiger partial charge >= 0.3 is 0 Å². The molecule has 4 N–H and O–H groups in total. The molecule has 0 aliphatic carbocycles. The highest BCUT2D eigenvalue weighted by Crippen LogP contribution is 2.17.